The summed E-state index contributed by atoms with van der Waals surface area (Å²) in [7, 11) is 0. The normalized spacial score (nSPS) is 13.5. The van der Waals surface area contributed by atoms with Gasteiger partial charge in [0.25, 0.3) is 0 Å². The highest BCUT2D eigenvalue weighted by Crippen LogP contribution is 2.12. The van der Waals surface area contributed by atoms with Crippen LogP contribution in [0.25, 0.3) is 0 Å². The maximum Gasteiger partial charge on any atom is 0.00753 e. The molecule has 1 unspecified atom stereocenters. The Hall–Kier alpha value is 1.53. The van der Waals surface area contributed by atoms with Gasteiger partial charge in [0, 0.05) is 11.1 Å². The standard InChI is InChI=1S/C6H13BrS3/c7-3-6(4-9)5-10-2-1-8/h6,8-9H,1-5H2. The zero-order valence-electron chi connectivity index (χ0n) is 5.79. The van der Waals surface area contributed by atoms with E-state index in [2.05, 4.69) is 41.2 Å². The maximum atomic E-state index is 4.24. The zero-order valence-corrected chi connectivity index (χ0v) is 9.98. The second kappa shape index (κ2) is 8.62. The summed E-state index contributed by atoms with van der Waals surface area (Å²) in [6, 6.07) is 0. The smallest absolute Gasteiger partial charge is 0.00753 e. The Morgan fingerprint density at radius 1 is 1.40 bits per heavy atom. The molecular formula is C6H13BrS3. The highest BCUT2D eigenvalue weighted by atomic mass is 79.9. The van der Waals surface area contributed by atoms with Crippen molar-refractivity contribution in [2.24, 2.45) is 5.92 Å². The lowest BCUT2D eigenvalue weighted by atomic mass is 10.3. The predicted molar refractivity (Wildman–Crippen MR) is 62.3 cm³/mol. The Balaban J connectivity index is 3.09. The molecule has 1 atom stereocenters. The van der Waals surface area contributed by atoms with Crippen LogP contribution in [0.3, 0.4) is 0 Å². The molecule has 0 saturated carbocycles. The first-order valence-electron chi connectivity index (χ1n) is 3.20. The van der Waals surface area contributed by atoms with Crippen molar-refractivity contribution in [1.82, 2.24) is 0 Å². The quantitative estimate of drug-likeness (QED) is 0.421. The Morgan fingerprint density at radius 2 is 2.10 bits per heavy atom. The summed E-state index contributed by atoms with van der Waals surface area (Å²) in [5, 5.41) is 1.07. The van der Waals surface area contributed by atoms with E-state index in [1.165, 1.54) is 5.75 Å². The van der Waals surface area contributed by atoms with E-state index in [1.807, 2.05) is 11.8 Å². The molecule has 0 aliphatic heterocycles. The van der Waals surface area contributed by atoms with Gasteiger partial charge in [0.1, 0.15) is 0 Å². The van der Waals surface area contributed by atoms with E-state index in [0.29, 0.717) is 5.92 Å². The van der Waals surface area contributed by atoms with Gasteiger partial charge in [-0.25, -0.2) is 0 Å². The first-order chi connectivity index (χ1) is 4.85. The molecule has 0 N–H and O–H groups in total. The number of thiol groups is 2. The summed E-state index contributed by atoms with van der Waals surface area (Å²) < 4.78 is 0. The number of hydrogen-bond donors (Lipinski definition) is 2. The molecule has 10 heavy (non-hydrogen) atoms. The van der Waals surface area contributed by atoms with E-state index >= 15 is 0 Å². The van der Waals surface area contributed by atoms with Gasteiger partial charge in [0.15, 0.2) is 0 Å². The molecule has 0 aliphatic rings. The lowest BCUT2D eigenvalue weighted by Crippen LogP contribution is -2.07. The highest BCUT2D eigenvalue weighted by Gasteiger charge is 2.03. The Bertz CT molecular complexity index is 66.0. The molecule has 0 radical (unpaired) electrons. The molecule has 0 aliphatic carbocycles. The molecule has 4 heteroatoms. The average Bonchev–Trinajstić information content (AvgIpc) is 1.99. The lowest BCUT2D eigenvalue weighted by molar-refractivity contribution is 0.787. The van der Waals surface area contributed by atoms with Gasteiger partial charge in [-0.15, -0.1) is 0 Å². The van der Waals surface area contributed by atoms with E-state index in [0.717, 1.165) is 22.6 Å². The molecule has 0 saturated heterocycles. The van der Waals surface area contributed by atoms with Crippen LogP contribution in [-0.4, -0.2) is 28.3 Å². The van der Waals surface area contributed by atoms with Crippen LogP contribution in [0.5, 0.6) is 0 Å². The minimum absolute atomic E-state index is 0.716. The number of halogens is 1. The number of rotatable bonds is 6. The van der Waals surface area contributed by atoms with Gasteiger partial charge in [-0.05, 0) is 23.2 Å². The fraction of sp³-hybridized carbons (Fsp3) is 1.00. The van der Waals surface area contributed by atoms with Crippen LogP contribution in [0, 0.1) is 5.92 Å². The van der Waals surface area contributed by atoms with Gasteiger partial charge >= 0.3 is 0 Å². The summed E-state index contributed by atoms with van der Waals surface area (Å²) in [6.45, 7) is 0. The van der Waals surface area contributed by atoms with Crippen LogP contribution < -0.4 is 0 Å². The largest absolute Gasteiger partial charge is 0.179 e. The minimum atomic E-state index is 0.716. The molecule has 0 spiro atoms. The van der Waals surface area contributed by atoms with Crippen molar-refractivity contribution >= 4 is 52.9 Å². The van der Waals surface area contributed by atoms with Gasteiger partial charge in [0.2, 0.25) is 0 Å². The van der Waals surface area contributed by atoms with Crippen LogP contribution in [0.15, 0.2) is 0 Å². The topological polar surface area (TPSA) is 0 Å². The average molecular weight is 261 g/mol. The second-order valence-corrected chi connectivity index (χ2v) is 4.61. The fourth-order valence-electron chi connectivity index (χ4n) is 0.461. The summed E-state index contributed by atoms with van der Waals surface area (Å²) in [6.07, 6.45) is 0. The van der Waals surface area contributed by atoms with Crippen LogP contribution in [0.2, 0.25) is 0 Å². The van der Waals surface area contributed by atoms with Crippen molar-refractivity contribution in [2.75, 3.05) is 28.3 Å². The molecule has 0 amide bonds. The monoisotopic (exact) mass is 260 g/mol. The molecule has 0 aromatic heterocycles. The van der Waals surface area contributed by atoms with E-state index in [9.17, 15) is 0 Å². The van der Waals surface area contributed by atoms with Crippen molar-refractivity contribution in [3.8, 4) is 0 Å². The van der Waals surface area contributed by atoms with E-state index < -0.39 is 0 Å². The number of thioether (sulfide) groups is 1. The van der Waals surface area contributed by atoms with Crippen molar-refractivity contribution < 1.29 is 0 Å². The molecule has 0 heterocycles. The third-order valence-electron chi connectivity index (χ3n) is 1.07. The first-order valence-corrected chi connectivity index (χ1v) is 6.74. The minimum Gasteiger partial charge on any atom is -0.179 e. The first kappa shape index (κ1) is 11.5. The summed E-state index contributed by atoms with van der Waals surface area (Å²) in [5.74, 6) is 5.03. The highest BCUT2D eigenvalue weighted by molar-refractivity contribution is 9.09. The van der Waals surface area contributed by atoms with Gasteiger partial charge < -0.3 is 0 Å². The van der Waals surface area contributed by atoms with Gasteiger partial charge in [-0.1, -0.05) is 15.9 Å². The summed E-state index contributed by atoms with van der Waals surface area (Å²) >= 11 is 13.8. The maximum absolute atomic E-state index is 4.24. The molecule has 0 fully saturated rings. The van der Waals surface area contributed by atoms with Crippen molar-refractivity contribution in [1.29, 1.82) is 0 Å². The van der Waals surface area contributed by atoms with Crippen LogP contribution in [0.4, 0.5) is 0 Å². The van der Waals surface area contributed by atoms with Crippen molar-refractivity contribution in [3.63, 3.8) is 0 Å². The molecule has 62 valence electrons. The van der Waals surface area contributed by atoms with E-state index in [1.54, 1.807) is 0 Å². The lowest BCUT2D eigenvalue weighted by Gasteiger charge is -2.08. The van der Waals surface area contributed by atoms with E-state index in [4.69, 9.17) is 0 Å². The van der Waals surface area contributed by atoms with E-state index in [-0.39, 0.29) is 0 Å². The number of hydrogen-bond acceptors (Lipinski definition) is 3. The molecule has 0 nitrogen and oxygen atoms in total. The Kier molecular flexibility index (Phi) is 9.94. The SMILES string of the molecule is SCCSCC(CS)CBr. The van der Waals surface area contributed by atoms with Crippen LogP contribution in [0.1, 0.15) is 0 Å². The van der Waals surface area contributed by atoms with Crippen LogP contribution >= 0.6 is 52.9 Å². The Labute approximate surface area is 86.9 Å². The molecule has 0 aromatic carbocycles. The fourth-order valence-corrected chi connectivity index (χ4v) is 3.26. The molecule has 0 rings (SSSR count). The van der Waals surface area contributed by atoms with Crippen molar-refractivity contribution in [2.45, 2.75) is 0 Å². The van der Waals surface area contributed by atoms with Crippen LogP contribution in [-0.2, 0) is 0 Å². The molecular weight excluding hydrogens is 248 g/mol. The third-order valence-corrected chi connectivity index (χ3v) is 4.22. The summed E-state index contributed by atoms with van der Waals surface area (Å²) in [5.41, 5.74) is 0. The summed E-state index contributed by atoms with van der Waals surface area (Å²) in [4.78, 5) is 0. The van der Waals surface area contributed by atoms with Gasteiger partial charge in [0.05, 0.1) is 0 Å². The van der Waals surface area contributed by atoms with Crippen molar-refractivity contribution in [3.05, 3.63) is 0 Å². The third kappa shape index (κ3) is 6.25. The molecule has 0 bridgehead atoms. The van der Waals surface area contributed by atoms with Gasteiger partial charge in [-0.2, -0.15) is 37.0 Å². The molecule has 0 aromatic rings. The zero-order chi connectivity index (χ0) is 7.82. The Morgan fingerprint density at radius 3 is 2.50 bits per heavy atom. The predicted octanol–water partition coefficient (Wildman–Crippen LogP) is 2.59. The van der Waals surface area contributed by atoms with Gasteiger partial charge in [-0.3, -0.25) is 0 Å². The second-order valence-electron chi connectivity index (χ2n) is 2.00. The number of alkyl halides is 1.